The number of benzene rings is 2. The van der Waals surface area contributed by atoms with Gasteiger partial charge in [-0.25, -0.2) is 4.98 Å². The number of halogens is 1. The lowest BCUT2D eigenvalue weighted by atomic mass is 10.1. The second-order valence-electron chi connectivity index (χ2n) is 8.41. The third-order valence-electron chi connectivity index (χ3n) is 5.92. The molecule has 2 heterocycles. The minimum Gasteiger partial charge on any atom is -0.497 e. The molecule has 1 unspecified atom stereocenters. The second kappa shape index (κ2) is 11.8. The highest BCUT2D eigenvalue weighted by atomic mass is 35.5. The van der Waals surface area contributed by atoms with Crippen LogP contribution >= 0.6 is 11.6 Å². The van der Waals surface area contributed by atoms with Gasteiger partial charge in [0.25, 0.3) is 5.91 Å². The number of hydrogen-bond donors (Lipinski definition) is 0. The molecule has 7 nitrogen and oxygen atoms in total. The Morgan fingerprint density at radius 3 is 2.63 bits per heavy atom. The highest BCUT2D eigenvalue weighted by Gasteiger charge is 2.31. The normalized spacial score (nSPS) is 16.2. The molecule has 0 bridgehead atoms. The molecule has 4 rings (SSSR count). The lowest BCUT2D eigenvalue weighted by Crippen LogP contribution is -2.40. The zero-order chi connectivity index (χ0) is 24.6. The van der Waals surface area contributed by atoms with E-state index in [-0.39, 0.29) is 36.2 Å². The van der Waals surface area contributed by atoms with Crippen LogP contribution in [0.5, 0.6) is 5.75 Å². The van der Waals surface area contributed by atoms with Gasteiger partial charge in [-0.1, -0.05) is 54.1 Å². The van der Waals surface area contributed by atoms with Crippen LogP contribution < -0.4 is 4.74 Å². The molecule has 0 spiro atoms. The molecule has 0 N–H and O–H groups in total. The summed E-state index contributed by atoms with van der Waals surface area (Å²) >= 11 is 5.99. The van der Waals surface area contributed by atoms with E-state index >= 15 is 0 Å². The predicted molar refractivity (Wildman–Crippen MR) is 133 cm³/mol. The average molecular weight is 494 g/mol. The van der Waals surface area contributed by atoms with Crippen LogP contribution in [-0.4, -0.2) is 66.0 Å². The van der Waals surface area contributed by atoms with Crippen molar-refractivity contribution in [2.24, 2.45) is 0 Å². The van der Waals surface area contributed by atoms with Crippen molar-refractivity contribution in [1.29, 1.82) is 0 Å². The van der Waals surface area contributed by atoms with Crippen molar-refractivity contribution in [2.45, 2.75) is 19.1 Å². The number of nitrogens with zero attached hydrogens (tertiary/aromatic N) is 3. The third kappa shape index (κ3) is 6.81. The van der Waals surface area contributed by atoms with Gasteiger partial charge in [0.05, 0.1) is 19.8 Å². The Hall–Kier alpha value is -3.42. The summed E-state index contributed by atoms with van der Waals surface area (Å²) in [6.07, 6.45) is 1.85. The van der Waals surface area contributed by atoms with Gasteiger partial charge < -0.3 is 19.3 Å². The smallest absolute Gasteiger partial charge is 0.254 e. The highest BCUT2D eigenvalue weighted by Crippen LogP contribution is 2.18. The number of aromatic nitrogens is 1. The fourth-order valence-electron chi connectivity index (χ4n) is 4.06. The monoisotopic (exact) mass is 493 g/mol. The zero-order valence-corrected chi connectivity index (χ0v) is 20.4. The minimum atomic E-state index is -0.357. The Kier molecular flexibility index (Phi) is 8.34. The SMILES string of the molecule is COc1cccc(COC2CN(CCc3ccccc3)C(=O)CN(C(=O)c3ccnc(Cl)c3)C2)c1. The molecular formula is C27H28ClN3O4. The molecule has 1 atom stereocenters. The van der Waals surface area contributed by atoms with Gasteiger partial charge in [-0.05, 0) is 41.8 Å². The first-order valence-corrected chi connectivity index (χ1v) is 11.9. The first-order valence-electron chi connectivity index (χ1n) is 11.5. The van der Waals surface area contributed by atoms with Crippen LogP contribution in [0.15, 0.2) is 72.9 Å². The summed E-state index contributed by atoms with van der Waals surface area (Å²) in [7, 11) is 1.62. The summed E-state index contributed by atoms with van der Waals surface area (Å²) < 4.78 is 11.5. The van der Waals surface area contributed by atoms with Crippen molar-refractivity contribution in [3.63, 3.8) is 0 Å². The third-order valence-corrected chi connectivity index (χ3v) is 6.13. The summed E-state index contributed by atoms with van der Waals surface area (Å²) in [5, 5.41) is 0.229. The van der Waals surface area contributed by atoms with Crippen molar-refractivity contribution in [3.05, 3.63) is 94.8 Å². The first-order chi connectivity index (χ1) is 17.0. The molecule has 35 heavy (non-hydrogen) atoms. The van der Waals surface area contributed by atoms with Crippen LogP contribution in [0, 0.1) is 0 Å². The topological polar surface area (TPSA) is 72.0 Å². The van der Waals surface area contributed by atoms with Crippen LogP contribution in [0.4, 0.5) is 0 Å². The number of methoxy groups -OCH3 is 1. The number of amides is 2. The van der Waals surface area contributed by atoms with Gasteiger partial charge >= 0.3 is 0 Å². The van der Waals surface area contributed by atoms with E-state index in [2.05, 4.69) is 4.98 Å². The molecule has 1 saturated heterocycles. The van der Waals surface area contributed by atoms with Crippen LogP contribution in [0.1, 0.15) is 21.5 Å². The van der Waals surface area contributed by atoms with Gasteiger partial charge in [0.2, 0.25) is 5.91 Å². The Balaban J connectivity index is 1.51. The molecule has 3 aromatic rings. The highest BCUT2D eigenvalue weighted by molar-refractivity contribution is 6.29. The lowest BCUT2D eigenvalue weighted by molar-refractivity contribution is -0.131. The maximum Gasteiger partial charge on any atom is 0.254 e. The molecule has 8 heteroatoms. The fourth-order valence-corrected chi connectivity index (χ4v) is 4.23. The maximum absolute atomic E-state index is 13.2. The molecule has 0 saturated carbocycles. The molecule has 1 aliphatic heterocycles. The molecular weight excluding hydrogens is 466 g/mol. The van der Waals surface area contributed by atoms with Gasteiger partial charge in [0.15, 0.2) is 0 Å². The Bertz CT molecular complexity index is 1160. The van der Waals surface area contributed by atoms with Crippen molar-refractivity contribution < 1.29 is 19.1 Å². The van der Waals surface area contributed by atoms with E-state index < -0.39 is 0 Å². The quantitative estimate of drug-likeness (QED) is 0.446. The largest absolute Gasteiger partial charge is 0.497 e. The molecule has 2 aromatic carbocycles. The maximum atomic E-state index is 13.2. The van der Waals surface area contributed by atoms with E-state index in [1.807, 2.05) is 54.6 Å². The van der Waals surface area contributed by atoms with Gasteiger partial charge in [-0.15, -0.1) is 0 Å². The molecule has 0 radical (unpaired) electrons. The summed E-state index contributed by atoms with van der Waals surface area (Å²) in [6.45, 7) is 1.55. The fraction of sp³-hybridized carbons (Fsp3) is 0.296. The van der Waals surface area contributed by atoms with Crippen molar-refractivity contribution in [1.82, 2.24) is 14.8 Å². The number of pyridine rings is 1. The molecule has 1 aliphatic rings. The van der Waals surface area contributed by atoms with E-state index in [4.69, 9.17) is 21.1 Å². The summed E-state index contributed by atoms with van der Waals surface area (Å²) in [4.78, 5) is 33.7. The van der Waals surface area contributed by atoms with Gasteiger partial charge in [0.1, 0.15) is 17.4 Å². The van der Waals surface area contributed by atoms with E-state index in [1.54, 1.807) is 18.1 Å². The van der Waals surface area contributed by atoms with Crippen LogP contribution in [0.3, 0.4) is 0 Å². The van der Waals surface area contributed by atoms with Crippen molar-refractivity contribution >= 4 is 23.4 Å². The zero-order valence-electron chi connectivity index (χ0n) is 19.6. The van der Waals surface area contributed by atoms with E-state index in [1.165, 1.54) is 17.2 Å². The average Bonchev–Trinajstić information content (AvgIpc) is 3.04. The van der Waals surface area contributed by atoms with E-state index in [0.29, 0.717) is 25.3 Å². The number of carbonyl (C=O) groups is 2. The second-order valence-corrected chi connectivity index (χ2v) is 8.80. The van der Waals surface area contributed by atoms with Gasteiger partial charge in [-0.3, -0.25) is 9.59 Å². The Labute approximate surface area is 210 Å². The minimum absolute atomic E-state index is 0.0212. The number of rotatable bonds is 8. The van der Waals surface area contributed by atoms with Gasteiger partial charge in [0, 0.05) is 31.4 Å². The predicted octanol–water partition coefficient (Wildman–Crippen LogP) is 3.86. The Morgan fingerprint density at radius 1 is 1.06 bits per heavy atom. The summed E-state index contributed by atoms with van der Waals surface area (Å²) in [5.74, 6) is 0.363. The van der Waals surface area contributed by atoms with E-state index in [0.717, 1.165) is 23.3 Å². The molecule has 0 aliphatic carbocycles. The van der Waals surface area contributed by atoms with Crippen LogP contribution in [0.25, 0.3) is 0 Å². The molecule has 2 amide bonds. The number of ether oxygens (including phenoxy) is 2. The summed E-state index contributed by atoms with van der Waals surface area (Å²) in [5.41, 5.74) is 2.49. The van der Waals surface area contributed by atoms with Crippen molar-refractivity contribution in [2.75, 3.05) is 33.3 Å². The molecule has 1 aromatic heterocycles. The molecule has 1 fully saturated rings. The summed E-state index contributed by atoms with van der Waals surface area (Å²) in [6, 6.07) is 20.8. The standard InChI is InChI=1S/C27H28ClN3O4/c1-34-23-9-5-8-21(14-23)19-35-24-16-30(13-11-20-6-3-2-4-7-20)26(32)18-31(17-24)27(33)22-10-12-29-25(28)15-22/h2-10,12,14-15,24H,11,13,16-19H2,1H3. The van der Waals surface area contributed by atoms with E-state index in [9.17, 15) is 9.59 Å². The van der Waals surface area contributed by atoms with Crippen LogP contribution in [-0.2, 0) is 22.6 Å². The van der Waals surface area contributed by atoms with Crippen molar-refractivity contribution in [3.8, 4) is 5.75 Å². The first kappa shape index (κ1) is 24.7. The Morgan fingerprint density at radius 2 is 1.86 bits per heavy atom. The van der Waals surface area contributed by atoms with Gasteiger partial charge in [-0.2, -0.15) is 0 Å². The number of hydrogen-bond acceptors (Lipinski definition) is 5. The lowest BCUT2D eigenvalue weighted by Gasteiger charge is -2.25. The molecule has 182 valence electrons. The van der Waals surface area contributed by atoms with Crippen LogP contribution in [0.2, 0.25) is 5.15 Å². The number of carbonyl (C=O) groups excluding carboxylic acids is 2.